The summed E-state index contributed by atoms with van der Waals surface area (Å²) >= 11 is 11.6. The average molecular weight is 352 g/mol. The molecule has 4 nitrogen and oxygen atoms in total. The molecule has 0 amide bonds. The second-order valence-corrected chi connectivity index (χ2v) is 4.93. The zero-order valence-corrected chi connectivity index (χ0v) is 12.0. The van der Waals surface area contributed by atoms with Gasteiger partial charge in [-0.3, -0.25) is 10.1 Å². The highest BCUT2D eigenvalue weighted by atomic mass is 35.5. The molecule has 0 heterocycles. The second kappa shape index (κ2) is 6.02. The number of nitro groups is 1. The minimum atomic E-state index is -5.02. The summed E-state index contributed by atoms with van der Waals surface area (Å²) in [5, 5.41) is 11.4. The molecule has 0 saturated heterocycles. The van der Waals surface area contributed by atoms with E-state index in [1.165, 1.54) is 24.3 Å². The molecule has 2 rings (SSSR count). The highest BCUT2D eigenvalue weighted by molar-refractivity contribution is 6.42. The third-order valence-corrected chi connectivity index (χ3v) is 3.37. The summed E-state index contributed by atoms with van der Waals surface area (Å²) in [6.07, 6.45) is -5.02. The lowest BCUT2D eigenvalue weighted by molar-refractivity contribution is -0.388. The smallest absolute Gasteiger partial charge is 0.398 e. The molecule has 2 aromatic rings. The third kappa shape index (κ3) is 3.80. The number of halogens is 5. The van der Waals surface area contributed by atoms with Crippen molar-refractivity contribution in [2.75, 3.05) is 0 Å². The van der Waals surface area contributed by atoms with Gasteiger partial charge in [0, 0.05) is 6.07 Å². The molecule has 0 N–H and O–H groups in total. The minimum Gasteiger partial charge on any atom is -0.398 e. The summed E-state index contributed by atoms with van der Waals surface area (Å²) in [5.41, 5.74) is -0.0308. The van der Waals surface area contributed by atoms with Gasteiger partial charge in [0.05, 0.1) is 15.0 Å². The molecule has 9 heteroatoms. The summed E-state index contributed by atoms with van der Waals surface area (Å²) in [5.74, 6) is -0.888. The molecule has 0 fully saturated rings. The van der Waals surface area contributed by atoms with Crippen LogP contribution in [0.3, 0.4) is 0 Å². The Hall–Kier alpha value is -1.99. The van der Waals surface area contributed by atoms with E-state index in [9.17, 15) is 23.3 Å². The van der Waals surface area contributed by atoms with E-state index in [-0.39, 0.29) is 10.0 Å². The number of hydrogen-bond donors (Lipinski definition) is 0. The van der Waals surface area contributed by atoms with Gasteiger partial charge < -0.3 is 4.74 Å². The summed E-state index contributed by atoms with van der Waals surface area (Å²) < 4.78 is 40.3. The Labute approximate surface area is 132 Å². The van der Waals surface area contributed by atoms with E-state index in [4.69, 9.17) is 23.2 Å². The van der Waals surface area contributed by atoms with Crippen LogP contribution in [-0.2, 0) is 0 Å². The van der Waals surface area contributed by atoms with Crippen LogP contribution >= 0.6 is 23.2 Å². The zero-order chi connectivity index (χ0) is 16.5. The van der Waals surface area contributed by atoms with Crippen molar-refractivity contribution in [3.8, 4) is 16.9 Å². The molecule has 0 aliphatic carbocycles. The van der Waals surface area contributed by atoms with E-state index >= 15 is 0 Å². The van der Waals surface area contributed by atoms with Gasteiger partial charge in [-0.1, -0.05) is 35.3 Å². The maximum Gasteiger partial charge on any atom is 0.573 e. The number of alkyl halides is 3. The Morgan fingerprint density at radius 1 is 1.00 bits per heavy atom. The fourth-order valence-electron chi connectivity index (χ4n) is 1.73. The molecule has 22 heavy (non-hydrogen) atoms. The third-order valence-electron chi connectivity index (χ3n) is 2.63. The van der Waals surface area contributed by atoms with Crippen molar-refractivity contribution in [1.82, 2.24) is 0 Å². The molecule has 2 aromatic carbocycles. The molecule has 0 aromatic heterocycles. The van der Waals surface area contributed by atoms with Crippen molar-refractivity contribution in [1.29, 1.82) is 0 Å². The zero-order valence-electron chi connectivity index (χ0n) is 10.5. The van der Waals surface area contributed by atoms with Crippen molar-refractivity contribution in [3.63, 3.8) is 0 Å². The SMILES string of the molecule is O=[N+]([O-])c1cc(-c2ccc(Cl)c(Cl)c2)ccc1OC(F)(F)F. The van der Waals surface area contributed by atoms with Gasteiger partial charge in [0.2, 0.25) is 5.75 Å². The highest BCUT2D eigenvalue weighted by Crippen LogP contribution is 2.36. The van der Waals surface area contributed by atoms with Gasteiger partial charge in [0.15, 0.2) is 0 Å². The predicted octanol–water partition coefficient (Wildman–Crippen LogP) is 5.47. The topological polar surface area (TPSA) is 52.4 Å². The number of rotatable bonds is 3. The second-order valence-electron chi connectivity index (χ2n) is 4.12. The van der Waals surface area contributed by atoms with Crippen LogP contribution in [0.15, 0.2) is 36.4 Å². The predicted molar refractivity (Wildman–Crippen MR) is 75.2 cm³/mol. The van der Waals surface area contributed by atoms with Gasteiger partial charge in [-0.05, 0) is 29.3 Å². The van der Waals surface area contributed by atoms with Crippen molar-refractivity contribution < 1.29 is 22.8 Å². The van der Waals surface area contributed by atoms with Crippen molar-refractivity contribution >= 4 is 28.9 Å². The largest absolute Gasteiger partial charge is 0.573 e. The normalized spacial score (nSPS) is 11.3. The van der Waals surface area contributed by atoms with Gasteiger partial charge in [-0.2, -0.15) is 0 Å². The number of nitro benzene ring substituents is 1. The first-order valence-corrected chi connectivity index (χ1v) is 6.42. The van der Waals surface area contributed by atoms with Crippen LogP contribution in [0.1, 0.15) is 0 Å². The maximum atomic E-state index is 12.2. The molecule has 0 saturated carbocycles. The molecule has 116 valence electrons. The molecule has 0 aliphatic heterocycles. The van der Waals surface area contributed by atoms with Crippen LogP contribution in [0.4, 0.5) is 18.9 Å². The van der Waals surface area contributed by atoms with E-state index in [0.29, 0.717) is 11.1 Å². The summed E-state index contributed by atoms with van der Waals surface area (Å²) in [6.45, 7) is 0. The Morgan fingerprint density at radius 2 is 1.59 bits per heavy atom. The van der Waals surface area contributed by atoms with Crippen molar-refractivity contribution in [2.45, 2.75) is 6.36 Å². The van der Waals surface area contributed by atoms with Crippen LogP contribution < -0.4 is 4.74 Å². The lowest BCUT2D eigenvalue weighted by Crippen LogP contribution is -2.17. The quantitative estimate of drug-likeness (QED) is 0.544. The van der Waals surface area contributed by atoms with Gasteiger partial charge in [-0.25, -0.2) is 0 Å². The van der Waals surface area contributed by atoms with E-state index in [1.54, 1.807) is 0 Å². The molecule has 0 unspecified atom stereocenters. The van der Waals surface area contributed by atoms with Crippen LogP contribution in [0.2, 0.25) is 10.0 Å². The average Bonchev–Trinajstić information content (AvgIpc) is 2.40. The Balaban J connectivity index is 2.49. The van der Waals surface area contributed by atoms with Crippen molar-refractivity contribution in [3.05, 3.63) is 56.6 Å². The molecule has 0 atom stereocenters. The van der Waals surface area contributed by atoms with Gasteiger partial charge >= 0.3 is 12.0 Å². The van der Waals surface area contributed by atoms with Crippen molar-refractivity contribution in [2.24, 2.45) is 0 Å². The monoisotopic (exact) mass is 351 g/mol. The number of benzene rings is 2. The molecular formula is C13H6Cl2F3NO3. The first-order chi connectivity index (χ1) is 10.2. The lowest BCUT2D eigenvalue weighted by Gasteiger charge is -2.10. The van der Waals surface area contributed by atoms with Crippen LogP contribution in [0.5, 0.6) is 5.75 Å². The minimum absolute atomic E-state index is 0.220. The van der Waals surface area contributed by atoms with Gasteiger partial charge in [0.25, 0.3) is 0 Å². The maximum absolute atomic E-state index is 12.2. The molecule has 0 aliphatic rings. The summed E-state index contributed by atoms with van der Waals surface area (Å²) in [7, 11) is 0. The van der Waals surface area contributed by atoms with Crippen LogP contribution in [0.25, 0.3) is 11.1 Å². The standard InChI is InChI=1S/C13H6Cl2F3NO3/c14-9-3-1-7(5-10(9)15)8-2-4-12(22-13(16,17)18)11(6-8)19(20)21/h1-6H. The van der Waals surface area contributed by atoms with Gasteiger partial charge in [0.1, 0.15) is 0 Å². The summed E-state index contributed by atoms with van der Waals surface area (Å²) in [6, 6.07) is 7.58. The van der Waals surface area contributed by atoms with Crippen LogP contribution in [-0.4, -0.2) is 11.3 Å². The van der Waals surface area contributed by atoms with E-state index in [1.807, 2.05) is 0 Å². The Bertz CT molecular complexity index is 735. The van der Waals surface area contributed by atoms with E-state index < -0.39 is 22.7 Å². The summed E-state index contributed by atoms with van der Waals surface area (Å²) in [4.78, 5) is 9.97. The number of hydrogen-bond acceptors (Lipinski definition) is 3. The van der Waals surface area contributed by atoms with E-state index in [2.05, 4.69) is 4.74 Å². The fourth-order valence-corrected chi connectivity index (χ4v) is 2.02. The van der Waals surface area contributed by atoms with Crippen LogP contribution in [0, 0.1) is 10.1 Å². The first-order valence-electron chi connectivity index (χ1n) is 5.67. The fraction of sp³-hybridized carbons (Fsp3) is 0.0769. The Morgan fingerprint density at radius 3 is 2.14 bits per heavy atom. The Kier molecular flexibility index (Phi) is 4.48. The molecular weight excluding hydrogens is 346 g/mol. The number of ether oxygens (including phenoxy) is 1. The van der Waals surface area contributed by atoms with Gasteiger partial charge in [-0.15, -0.1) is 13.2 Å². The first kappa shape index (κ1) is 16.4. The molecule has 0 spiro atoms. The molecule has 0 radical (unpaired) electrons. The molecule has 0 bridgehead atoms. The highest BCUT2D eigenvalue weighted by Gasteiger charge is 2.34. The lowest BCUT2D eigenvalue weighted by atomic mass is 10.0. The van der Waals surface area contributed by atoms with E-state index in [0.717, 1.165) is 12.1 Å². The number of nitrogens with zero attached hydrogens (tertiary/aromatic N) is 1.